The number of pyridine rings is 1. The lowest BCUT2D eigenvalue weighted by atomic mass is 10.1. The van der Waals surface area contributed by atoms with Crippen LogP contribution in [0.25, 0.3) is 5.69 Å². The van der Waals surface area contributed by atoms with Crippen LogP contribution in [0.15, 0.2) is 82.6 Å². The maximum Gasteiger partial charge on any atom is 0.416 e. The molecule has 0 aliphatic rings. The van der Waals surface area contributed by atoms with Crippen molar-refractivity contribution >= 4 is 5.91 Å². The predicted molar refractivity (Wildman–Crippen MR) is 120 cm³/mol. The Hall–Kier alpha value is -4.61. The number of carbonyl (C=O) groups is 1. The van der Waals surface area contributed by atoms with Crippen LogP contribution in [0, 0.1) is 5.82 Å². The van der Waals surface area contributed by atoms with Crippen molar-refractivity contribution in [3.63, 3.8) is 0 Å². The fraction of sp³-hybridized carbons (Fsp3) is 0.125. The summed E-state index contributed by atoms with van der Waals surface area (Å²) in [5.41, 5.74) is -3.29. The third-order valence-corrected chi connectivity index (χ3v) is 5.15. The van der Waals surface area contributed by atoms with Crippen LogP contribution in [-0.2, 0) is 19.3 Å². The minimum Gasteiger partial charge on any atom is -0.346 e. The minimum atomic E-state index is -4.57. The van der Waals surface area contributed by atoms with Crippen LogP contribution in [-0.4, -0.2) is 25.2 Å². The standard InChI is InChI=1S/C24H17F4N5O3/c25-18-5-1-2-6-19(18)33-23(36)32(14-15-7-9-17(10-8-15)24(26,27)28)22(35)20(31-33)21(34)30-13-16-4-3-11-29-12-16/h1-12H,13-14H2,(H,30,34). The Bertz CT molecular complexity index is 1510. The van der Waals surface area contributed by atoms with Gasteiger partial charge in [-0.2, -0.15) is 23.0 Å². The van der Waals surface area contributed by atoms with E-state index in [1.807, 2.05) is 0 Å². The summed E-state index contributed by atoms with van der Waals surface area (Å²) in [6.45, 7) is -0.485. The average molecular weight is 499 g/mol. The van der Waals surface area contributed by atoms with E-state index in [0.29, 0.717) is 14.8 Å². The molecule has 12 heteroatoms. The molecule has 0 aliphatic heterocycles. The molecule has 4 aromatic rings. The molecular weight excluding hydrogens is 482 g/mol. The van der Waals surface area contributed by atoms with E-state index < -0.39 is 47.0 Å². The summed E-state index contributed by atoms with van der Waals surface area (Å²) in [7, 11) is 0. The SMILES string of the molecule is O=C(NCc1cccnc1)c1nn(-c2ccccc2F)c(=O)n(Cc2ccc(C(F)(F)F)cc2)c1=O. The van der Waals surface area contributed by atoms with Gasteiger partial charge in [0.2, 0.25) is 5.69 Å². The van der Waals surface area contributed by atoms with E-state index in [1.165, 1.54) is 30.6 Å². The lowest BCUT2D eigenvalue weighted by molar-refractivity contribution is -0.137. The van der Waals surface area contributed by atoms with E-state index in [4.69, 9.17) is 0 Å². The van der Waals surface area contributed by atoms with Crippen LogP contribution in [0.5, 0.6) is 0 Å². The van der Waals surface area contributed by atoms with Crippen LogP contribution in [0.3, 0.4) is 0 Å². The highest BCUT2D eigenvalue weighted by atomic mass is 19.4. The normalized spacial score (nSPS) is 11.3. The van der Waals surface area contributed by atoms with E-state index in [2.05, 4.69) is 15.4 Å². The van der Waals surface area contributed by atoms with Crippen LogP contribution in [0.1, 0.15) is 27.2 Å². The van der Waals surface area contributed by atoms with Crippen LogP contribution in [0.2, 0.25) is 0 Å². The summed E-state index contributed by atoms with van der Waals surface area (Å²) >= 11 is 0. The van der Waals surface area contributed by atoms with Gasteiger partial charge in [-0.05, 0) is 41.5 Å². The Labute approximate surface area is 200 Å². The Morgan fingerprint density at radius 3 is 2.31 bits per heavy atom. The van der Waals surface area contributed by atoms with Gasteiger partial charge in [0, 0.05) is 18.9 Å². The van der Waals surface area contributed by atoms with E-state index >= 15 is 0 Å². The number of hydrogen-bond acceptors (Lipinski definition) is 5. The molecule has 2 heterocycles. The molecule has 36 heavy (non-hydrogen) atoms. The van der Waals surface area contributed by atoms with Crippen LogP contribution >= 0.6 is 0 Å². The highest BCUT2D eigenvalue weighted by Gasteiger charge is 2.30. The average Bonchev–Trinajstić information content (AvgIpc) is 2.86. The zero-order chi connectivity index (χ0) is 25.9. The number of nitrogens with zero attached hydrogens (tertiary/aromatic N) is 4. The first-order valence-corrected chi connectivity index (χ1v) is 10.5. The number of carbonyl (C=O) groups excluding carboxylic acids is 1. The summed E-state index contributed by atoms with van der Waals surface area (Å²) in [6, 6.07) is 12.2. The van der Waals surface area contributed by atoms with Gasteiger partial charge in [0.05, 0.1) is 12.1 Å². The highest BCUT2D eigenvalue weighted by molar-refractivity contribution is 5.91. The fourth-order valence-corrected chi connectivity index (χ4v) is 3.33. The largest absolute Gasteiger partial charge is 0.416 e. The van der Waals surface area contributed by atoms with Gasteiger partial charge in [0.25, 0.3) is 11.5 Å². The molecule has 4 rings (SSSR count). The molecule has 8 nitrogen and oxygen atoms in total. The second-order valence-corrected chi connectivity index (χ2v) is 7.62. The third-order valence-electron chi connectivity index (χ3n) is 5.15. The molecule has 0 saturated heterocycles. The summed E-state index contributed by atoms with van der Waals surface area (Å²) in [5.74, 6) is -1.77. The molecule has 0 radical (unpaired) electrons. The van der Waals surface area contributed by atoms with Gasteiger partial charge in [-0.25, -0.2) is 9.18 Å². The summed E-state index contributed by atoms with van der Waals surface area (Å²) in [6.07, 6.45) is -1.53. The molecule has 0 bridgehead atoms. The maximum atomic E-state index is 14.5. The molecule has 0 atom stereocenters. The monoisotopic (exact) mass is 499 g/mol. The summed E-state index contributed by atoms with van der Waals surface area (Å²) in [5, 5.41) is 6.31. The van der Waals surface area contributed by atoms with Gasteiger partial charge in [-0.15, -0.1) is 0 Å². The summed E-state index contributed by atoms with van der Waals surface area (Å²) < 4.78 is 54.3. The van der Waals surface area contributed by atoms with Crippen molar-refractivity contribution in [1.82, 2.24) is 24.6 Å². The van der Waals surface area contributed by atoms with Crippen molar-refractivity contribution in [3.8, 4) is 5.69 Å². The number of halogens is 4. The van der Waals surface area contributed by atoms with Gasteiger partial charge in [0.15, 0.2) is 0 Å². The van der Waals surface area contributed by atoms with Gasteiger partial charge in [0.1, 0.15) is 11.5 Å². The highest BCUT2D eigenvalue weighted by Crippen LogP contribution is 2.29. The molecule has 1 N–H and O–H groups in total. The third kappa shape index (κ3) is 5.22. The van der Waals surface area contributed by atoms with E-state index in [-0.39, 0.29) is 17.8 Å². The van der Waals surface area contributed by atoms with Crippen molar-refractivity contribution in [3.05, 3.63) is 122 Å². The van der Waals surface area contributed by atoms with Crippen LogP contribution < -0.4 is 16.6 Å². The Kier molecular flexibility index (Phi) is 6.77. The lowest BCUT2D eigenvalue weighted by Gasteiger charge is -2.13. The van der Waals surface area contributed by atoms with E-state index in [9.17, 15) is 31.9 Å². The molecule has 1 amide bonds. The predicted octanol–water partition coefficient (Wildman–Crippen LogP) is 2.93. The molecule has 0 unspecified atom stereocenters. The topological polar surface area (TPSA) is 98.9 Å². The van der Waals surface area contributed by atoms with Crippen molar-refractivity contribution in [2.75, 3.05) is 0 Å². The van der Waals surface area contributed by atoms with Gasteiger partial charge >= 0.3 is 11.9 Å². The zero-order valence-corrected chi connectivity index (χ0v) is 18.4. The number of rotatable bonds is 6. The van der Waals surface area contributed by atoms with Gasteiger partial charge in [-0.1, -0.05) is 30.3 Å². The molecule has 0 aliphatic carbocycles. The molecule has 184 valence electrons. The van der Waals surface area contributed by atoms with Crippen molar-refractivity contribution in [2.24, 2.45) is 0 Å². The van der Waals surface area contributed by atoms with Gasteiger partial charge < -0.3 is 5.32 Å². The zero-order valence-electron chi connectivity index (χ0n) is 18.4. The first kappa shape index (κ1) is 24.5. The maximum absolute atomic E-state index is 14.5. The number of para-hydroxylation sites is 1. The minimum absolute atomic E-state index is 0.00841. The van der Waals surface area contributed by atoms with Crippen molar-refractivity contribution < 1.29 is 22.4 Å². The first-order chi connectivity index (χ1) is 17.1. The second kappa shape index (κ2) is 9.94. The van der Waals surface area contributed by atoms with Crippen LogP contribution in [0.4, 0.5) is 17.6 Å². The number of alkyl halides is 3. The Morgan fingerprint density at radius 2 is 1.67 bits per heavy atom. The lowest BCUT2D eigenvalue weighted by Crippen LogP contribution is -2.46. The smallest absolute Gasteiger partial charge is 0.346 e. The molecule has 2 aromatic carbocycles. The number of aromatic nitrogens is 4. The van der Waals surface area contributed by atoms with Gasteiger partial charge in [-0.3, -0.25) is 19.1 Å². The second-order valence-electron chi connectivity index (χ2n) is 7.62. The molecule has 0 fully saturated rings. The number of benzene rings is 2. The Balaban J connectivity index is 1.77. The molecule has 0 saturated carbocycles. The van der Waals surface area contributed by atoms with E-state index in [0.717, 1.165) is 30.3 Å². The first-order valence-electron chi connectivity index (χ1n) is 10.5. The quantitative estimate of drug-likeness (QED) is 0.412. The molecular formula is C24H17F4N5O3. The van der Waals surface area contributed by atoms with E-state index in [1.54, 1.807) is 12.1 Å². The fourth-order valence-electron chi connectivity index (χ4n) is 3.33. The number of amides is 1. The van der Waals surface area contributed by atoms with Crippen molar-refractivity contribution in [1.29, 1.82) is 0 Å². The number of nitrogens with one attached hydrogen (secondary N) is 1. The molecule has 2 aromatic heterocycles. The number of hydrogen-bond donors (Lipinski definition) is 1. The van der Waals surface area contributed by atoms with Crippen molar-refractivity contribution in [2.45, 2.75) is 19.3 Å². The molecule has 0 spiro atoms. The summed E-state index contributed by atoms with van der Waals surface area (Å²) in [4.78, 5) is 42.9. The Morgan fingerprint density at radius 1 is 0.944 bits per heavy atom.